The average Bonchev–Trinajstić information content (AvgIpc) is 3.29. The van der Waals surface area contributed by atoms with Crippen molar-refractivity contribution in [3.63, 3.8) is 0 Å². The molecule has 1 aliphatic carbocycles. The van der Waals surface area contributed by atoms with Gasteiger partial charge in [-0.1, -0.05) is 48.4 Å². The number of nitrogens with zero attached hydrogens (tertiary/aromatic N) is 2. The van der Waals surface area contributed by atoms with Crippen LogP contribution in [-0.4, -0.2) is 21.0 Å². The summed E-state index contributed by atoms with van der Waals surface area (Å²) in [6, 6.07) is 14.2. The molecule has 1 aliphatic rings. The molecule has 4 nitrogen and oxygen atoms in total. The first kappa shape index (κ1) is 25.2. The molecule has 9 heteroatoms. The zero-order valence-corrected chi connectivity index (χ0v) is 20.9. The summed E-state index contributed by atoms with van der Waals surface area (Å²) >= 11 is 8.00. The van der Waals surface area contributed by atoms with Crippen molar-refractivity contribution in [2.45, 2.75) is 25.4 Å². The first-order valence-corrected chi connectivity index (χ1v) is 12.8. The highest BCUT2D eigenvalue weighted by Gasteiger charge is 2.34. The van der Waals surface area contributed by atoms with E-state index in [-0.39, 0.29) is 10.9 Å². The Kier molecular flexibility index (Phi) is 6.88. The van der Waals surface area contributed by atoms with Crippen LogP contribution in [0.25, 0.3) is 27.4 Å². The lowest BCUT2D eigenvalue weighted by molar-refractivity contribution is -0.138. The summed E-state index contributed by atoms with van der Waals surface area (Å²) in [5, 5.41) is 8.88. The molecule has 4 aromatic rings. The molecule has 1 saturated carbocycles. The van der Waals surface area contributed by atoms with Gasteiger partial charge in [0.1, 0.15) is 0 Å². The minimum absolute atomic E-state index is 0.0510. The summed E-state index contributed by atoms with van der Waals surface area (Å²) in [5.41, 5.74) is 6.03. The number of carboxylic acid groups (broad SMARTS) is 1. The van der Waals surface area contributed by atoms with E-state index in [1.165, 1.54) is 17.4 Å². The standard InChI is InChI=1S/C28H20ClF3N2O2S/c29-21-13-20(28(30,31)32)14-33-27(21)26(17-2-1-3-17)25(19-9-10-23-22(12-19)34-15-37-23)18-7-4-16(5-8-18)6-11-24(35)36/h4-15,17H,1-3H2,(H,35,36). The van der Waals surface area contributed by atoms with Crippen LogP contribution in [0.5, 0.6) is 0 Å². The Hall–Kier alpha value is -3.49. The molecule has 1 N–H and O–H groups in total. The van der Waals surface area contributed by atoms with Gasteiger partial charge in [0.05, 0.1) is 32.0 Å². The van der Waals surface area contributed by atoms with Gasteiger partial charge in [-0.15, -0.1) is 11.3 Å². The molecule has 1 fully saturated rings. The number of hydrogen-bond donors (Lipinski definition) is 1. The topological polar surface area (TPSA) is 63.1 Å². The van der Waals surface area contributed by atoms with Crippen LogP contribution in [0.1, 0.15) is 47.2 Å². The number of thiazole rings is 1. The number of rotatable bonds is 6. The lowest BCUT2D eigenvalue weighted by Gasteiger charge is -2.31. The Balaban J connectivity index is 1.74. The van der Waals surface area contributed by atoms with Crippen molar-refractivity contribution in [2.75, 3.05) is 0 Å². The molecule has 2 aromatic carbocycles. The van der Waals surface area contributed by atoms with Crippen LogP contribution in [0, 0.1) is 5.92 Å². The highest BCUT2D eigenvalue weighted by molar-refractivity contribution is 7.16. The smallest absolute Gasteiger partial charge is 0.417 e. The van der Waals surface area contributed by atoms with Crippen LogP contribution in [0.3, 0.4) is 0 Å². The largest absolute Gasteiger partial charge is 0.478 e. The van der Waals surface area contributed by atoms with Crippen molar-refractivity contribution in [1.82, 2.24) is 9.97 Å². The number of allylic oxidation sites excluding steroid dienone is 1. The molecule has 2 aromatic heterocycles. The van der Waals surface area contributed by atoms with Crippen LogP contribution < -0.4 is 0 Å². The fraction of sp³-hybridized carbons (Fsp3) is 0.179. The van der Waals surface area contributed by atoms with Gasteiger partial charge in [-0.05, 0) is 70.9 Å². The third-order valence-corrected chi connectivity index (χ3v) is 7.54. The number of aromatic nitrogens is 2. The monoisotopic (exact) mass is 540 g/mol. The highest BCUT2D eigenvalue weighted by atomic mass is 35.5. The molecule has 0 bridgehead atoms. The third kappa shape index (κ3) is 5.31. The van der Waals surface area contributed by atoms with E-state index in [9.17, 15) is 18.0 Å². The van der Waals surface area contributed by atoms with Gasteiger partial charge >= 0.3 is 12.1 Å². The molecule has 0 atom stereocenters. The summed E-state index contributed by atoms with van der Waals surface area (Å²) in [6.45, 7) is 0. The van der Waals surface area contributed by atoms with Gasteiger partial charge in [0.25, 0.3) is 0 Å². The summed E-state index contributed by atoms with van der Waals surface area (Å²) < 4.78 is 41.0. The van der Waals surface area contributed by atoms with Gasteiger partial charge in [0, 0.05) is 12.3 Å². The van der Waals surface area contributed by atoms with Gasteiger partial charge < -0.3 is 5.11 Å². The molecule has 0 spiro atoms. The highest BCUT2D eigenvalue weighted by Crippen LogP contribution is 2.47. The molecule has 2 heterocycles. The number of carboxylic acids is 1. The summed E-state index contributed by atoms with van der Waals surface area (Å²) in [4.78, 5) is 19.6. The van der Waals surface area contributed by atoms with Crippen LogP contribution in [0.2, 0.25) is 5.02 Å². The predicted molar refractivity (Wildman–Crippen MR) is 140 cm³/mol. The zero-order chi connectivity index (χ0) is 26.2. The lowest BCUT2D eigenvalue weighted by atomic mass is 9.74. The Morgan fingerprint density at radius 1 is 1.05 bits per heavy atom. The molecule has 5 rings (SSSR count). The molecular formula is C28H20ClF3N2O2S. The zero-order valence-electron chi connectivity index (χ0n) is 19.3. The number of hydrogen-bond acceptors (Lipinski definition) is 4. The van der Waals surface area contributed by atoms with Crippen molar-refractivity contribution < 1.29 is 23.1 Å². The molecule has 0 radical (unpaired) electrons. The van der Waals surface area contributed by atoms with Crippen molar-refractivity contribution in [2.24, 2.45) is 5.92 Å². The minimum atomic E-state index is -4.55. The number of carbonyl (C=O) groups is 1. The van der Waals surface area contributed by atoms with E-state index >= 15 is 0 Å². The number of halogens is 4. The van der Waals surface area contributed by atoms with E-state index in [2.05, 4.69) is 9.97 Å². The second kappa shape index (κ2) is 10.1. The molecule has 37 heavy (non-hydrogen) atoms. The SMILES string of the molecule is O=C(O)C=Cc1ccc(C(=C(c2ncc(C(F)(F)F)cc2Cl)C2CCC2)c2ccc3scnc3c2)cc1. The molecule has 0 saturated heterocycles. The molecule has 188 valence electrons. The van der Waals surface area contributed by atoms with E-state index in [0.717, 1.165) is 70.1 Å². The van der Waals surface area contributed by atoms with E-state index in [1.54, 1.807) is 17.6 Å². The fourth-order valence-electron chi connectivity index (χ4n) is 4.42. The normalized spacial score (nSPS) is 15.1. The van der Waals surface area contributed by atoms with Crippen molar-refractivity contribution in [3.8, 4) is 0 Å². The van der Waals surface area contributed by atoms with Crippen molar-refractivity contribution in [3.05, 3.63) is 99.3 Å². The van der Waals surface area contributed by atoms with Crippen LogP contribution in [0.4, 0.5) is 13.2 Å². The van der Waals surface area contributed by atoms with Gasteiger partial charge in [-0.2, -0.15) is 13.2 Å². The Morgan fingerprint density at radius 3 is 2.41 bits per heavy atom. The van der Waals surface area contributed by atoms with Gasteiger partial charge in [-0.3, -0.25) is 4.98 Å². The first-order valence-electron chi connectivity index (χ1n) is 11.5. The maximum Gasteiger partial charge on any atom is 0.417 e. The van der Waals surface area contributed by atoms with Crippen LogP contribution >= 0.6 is 22.9 Å². The first-order chi connectivity index (χ1) is 17.7. The fourth-order valence-corrected chi connectivity index (χ4v) is 5.35. The van der Waals surface area contributed by atoms with E-state index in [0.29, 0.717) is 11.3 Å². The van der Waals surface area contributed by atoms with Crippen molar-refractivity contribution in [1.29, 1.82) is 0 Å². The second-order valence-corrected chi connectivity index (χ2v) is 10.1. The number of alkyl halides is 3. The summed E-state index contributed by atoms with van der Waals surface area (Å²) in [6.07, 6.45) is 1.59. The van der Waals surface area contributed by atoms with Gasteiger partial charge in [-0.25, -0.2) is 9.78 Å². The van der Waals surface area contributed by atoms with E-state index in [1.807, 2.05) is 30.3 Å². The number of benzene rings is 2. The maximum atomic E-state index is 13.3. The maximum absolute atomic E-state index is 13.3. The molecule has 0 aliphatic heterocycles. The van der Waals surface area contributed by atoms with Crippen molar-refractivity contribution >= 4 is 56.3 Å². The van der Waals surface area contributed by atoms with Gasteiger partial charge in [0.2, 0.25) is 0 Å². The lowest BCUT2D eigenvalue weighted by Crippen LogP contribution is -2.17. The minimum Gasteiger partial charge on any atom is -0.478 e. The van der Waals surface area contributed by atoms with Gasteiger partial charge in [0.15, 0.2) is 0 Å². The number of pyridine rings is 1. The van der Waals surface area contributed by atoms with E-state index < -0.39 is 17.7 Å². The summed E-state index contributed by atoms with van der Waals surface area (Å²) in [7, 11) is 0. The average molecular weight is 541 g/mol. The Labute approximate surface area is 219 Å². The third-order valence-electron chi connectivity index (χ3n) is 6.44. The second-order valence-electron chi connectivity index (χ2n) is 8.80. The van der Waals surface area contributed by atoms with Crippen LogP contribution in [-0.2, 0) is 11.0 Å². The molecule has 0 unspecified atom stereocenters. The predicted octanol–water partition coefficient (Wildman–Crippen LogP) is 8.22. The number of fused-ring (bicyclic) bond motifs is 1. The Bertz CT molecular complexity index is 1540. The summed E-state index contributed by atoms with van der Waals surface area (Å²) in [5.74, 6) is -0.967. The van der Waals surface area contributed by atoms with Crippen LogP contribution in [0.15, 0.2) is 66.3 Å². The molecular weight excluding hydrogens is 521 g/mol. The number of aliphatic carboxylic acids is 1. The van der Waals surface area contributed by atoms with E-state index in [4.69, 9.17) is 16.7 Å². The quantitative estimate of drug-likeness (QED) is 0.250. The Morgan fingerprint density at radius 2 is 1.78 bits per heavy atom. The molecule has 0 amide bonds.